The van der Waals surface area contributed by atoms with E-state index in [0.29, 0.717) is 63.2 Å². The summed E-state index contributed by atoms with van der Waals surface area (Å²) < 4.78 is 24.1. The quantitative estimate of drug-likeness (QED) is 0.0761. The number of unbranched alkanes of at least 4 members (excludes halogenated alkanes) is 7. The molecule has 2 aromatic rings. The number of carbonyl (C=O) groups is 8. The molecule has 0 bridgehead atoms. The van der Waals surface area contributed by atoms with Gasteiger partial charge in [-0.2, -0.15) is 0 Å². The van der Waals surface area contributed by atoms with Crippen molar-refractivity contribution in [1.29, 1.82) is 0 Å². The van der Waals surface area contributed by atoms with Gasteiger partial charge in [0, 0.05) is 40.2 Å². The molecular formula is C67H100N8O12S2. The Kier molecular flexibility index (Phi) is 22.9. The molecule has 2 aliphatic carbocycles. The lowest BCUT2D eigenvalue weighted by atomic mass is 9.83. The van der Waals surface area contributed by atoms with Gasteiger partial charge in [0.15, 0.2) is 0 Å². The highest BCUT2D eigenvalue weighted by Gasteiger charge is 2.57. The van der Waals surface area contributed by atoms with Crippen LogP contribution in [0.3, 0.4) is 0 Å². The summed E-state index contributed by atoms with van der Waals surface area (Å²) in [4.78, 5) is 116. The van der Waals surface area contributed by atoms with Crippen molar-refractivity contribution in [3.05, 3.63) is 70.8 Å². The monoisotopic (exact) mass is 1270 g/mol. The number of fused-ring (bicyclic) bond motifs is 4. The Morgan fingerprint density at radius 1 is 0.596 bits per heavy atom. The van der Waals surface area contributed by atoms with Crippen molar-refractivity contribution >= 4 is 71.2 Å². The second-order valence-corrected chi connectivity index (χ2v) is 31.2. The number of ether oxygens (including phenoxy) is 4. The van der Waals surface area contributed by atoms with E-state index in [-0.39, 0.29) is 53.1 Å². The molecule has 8 rings (SSSR count). The van der Waals surface area contributed by atoms with E-state index >= 15 is 0 Å². The molecule has 0 saturated carbocycles. The first-order chi connectivity index (χ1) is 41.9. The van der Waals surface area contributed by atoms with Crippen molar-refractivity contribution in [3.8, 4) is 0 Å². The second-order valence-electron chi connectivity index (χ2n) is 28.6. The van der Waals surface area contributed by atoms with Gasteiger partial charge in [0.25, 0.3) is 0 Å². The number of hydrogen-bond donors (Lipinski definition) is 4. The number of benzene rings is 2. The third-order valence-electron chi connectivity index (χ3n) is 18.1. The Balaban J connectivity index is 0.765. The number of likely N-dealkylation sites (N-methyl/N-ethyl adjacent to an activating group) is 2. The molecular weight excluding hydrogens is 1170 g/mol. The zero-order chi connectivity index (χ0) is 64.8. The maximum Gasteiger partial charge on any atom is 0.410 e. The van der Waals surface area contributed by atoms with Gasteiger partial charge in [0.05, 0.1) is 35.0 Å². The van der Waals surface area contributed by atoms with Crippen molar-refractivity contribution in [3.63, 3.8) is 0 Å². The van der Waals surface area contributed by atoms with Crippen molar-refractivity contribution in [2.45, 2.75) is 243 Å². The van der Waals surface area contributed by atoms with Crippen molar-refractivity contribution in [2.24, 2.45) is 10.8 Å². The SMILES string of the molecule is C[C@@H](C(=O)N[C@H]1CCS[C@H]2CC(C)(C)[C@@H](C(=O)N[C@H]3c4ccccc4C[C@H]3OCCCCCCCCCCO[C@@H]3Cc4ccccc4[C@@H]3NC(=O)[C@H]3N4C(=O)[C@@H](NC(=O)CN(C)C(=O)OC(C)(C)C)CCS[C@H]4CC3(C)C)N2C1=O)N(C)C(=O)OC(C)(C)C. The molecule has 0 spiro atoms. The number of carbonyl (C=O) groups excluding carboxylic acids is 8. The molecule has 6 aliphatic rings. The van der Waals surface area contributed by atoms with Gasteiger partial charge in [-0.3, -0.25) is 33.7 Å². The Labute approximate surface area is 536 Å². The van der Waals surface area contributed by atoms with Crippen molar-refractivity contribution in [1.82, 2.24) is 40.9 Å². The van der Waals surface area contributed by atoms with E-state index < -0.39 is 88.3 Å². The summed E-state index contributed by atoms with van der Waals surface area (Å²) in [6.45, 7) is 21.1. The van der Waals surface area contributed by atoms with E-state index in [1.165, 1.54) is 23.9 Å². The summed E-state index contributed by atoms with van der Waals surface area (Å²) >= 11 is 3.27. The molecule has 4 saturated heterocycles. The highest BCUT2D eigenvalue weighted by atomic mass is 32.2. The summed E-state index contributed by atoms with van der Waals surface area (Å²) in [6, 6.07) is 11.3. The molecule has 4 aliphatic heterocycles. The largest absolute Gasteiger partial charge is 0.444 e. The molecule has 4 fully saturated rings. The van der Waals surface area contributed by atoms with Crippen LogP contribution in [0.15, 0.2) is 48.5 Å². The van der Waals surface area contributed by atoms with Gasteiger partial charge in [0.2, 0.25) is 35.4 Å². The fraction of sp³-hybridized carbons (Fsp3) is 0.701. The van der Waals surface area contributed by atoms with Crippen molar-refractivity contribution in [2.75, 3.05) is 45.4 Å². The smallest absolute Gasteiger partial charge is 0.410 e. The summed E-state index contributed by atoms with van der Waals surface area (Å²) in [6.07, 6.45) is 9.75. The minimum atomic E-state index is -0.899. The van der Waals surface area contributed by atoms with Crippen LogP contribution in [0.5, 0.6) is 0 Å². The Bertz CT molecular complexity index is 2880. The lowest BCUT2D eigenvalue weighted by molar-refractivity contribution is -0.144. The summed E-state index contributed by atoms with van der Waals surface area (Å²) in [7, 11) is 2.98. The third kappa shape index (κ3) is 17.3. The predicted molar refractivity (Wildman–Crippen MR) is 344 cm³/mol. The fourth-order valence-corrected chi connectivity index (χ4v) is 16.6. The van der Waals surface area contributed by atoms with Gasteiger partial charge in [-0.25, -0.2) is 9.59 Å². The van der Waals surface area contributed by atoms with E-state index in [0.717, 1.165) is 73.6 Å². The number of rotatable bonds is 23. The first-order valence-electron chi connectivity index (χ1n) is 32.3. The van der Waals surface area contributed by atoms with Crippen LogP contribution in [0.1, 0.15) is 188 Å². The molecule has 2 aromatic carbocycles. The van der Waals surface area contributed by atoms with Crippen LogP contribution in [0, 0.1) is 10.8 Å². The molecule has 4 N–H and O–H groups in total. The number of nitrogens with one attached hydrogen (secondary N) is 4. The first-order valence-corrected chi connectivity index (χ1v) is 34.4. The van der Waals surface area contributed by atoms with Crippen LogP contribution in [0.4, 0.5) is 9.59 Å². The molecule has 89 heavy (non-hydrogen) atoms. The third-order valence-corrected chi connectivity index (χ3v) is 20.6. The second kappa shape index (κ2) is 29.4. The minimum absolute atomic E-state index is 0.228. The molecule has 0 unspecified atom stereocenters. The minimum Gasteiger partial charge on any atom is -0.444 e. The maximum absolute atomic E-state index is 14.7. The van der Waals surface area contributed by atoms with Crippen LogP contribution >= 0.6 is 23.5 Å². The fourth-order valence-electron chi connectivity index (χ4n) is 13.5. The lowest BCUT2D eigenvalue weighted by Crippen LogP contribution is -2.58. The lowest BCUT2D eigenvalue weighted by Gasteiger charge is -2.35. The van der Waals surface area contributed by atoms with E-state index in [1.807, 2.05) is 64.1 Å². The number of hydrogen-bond acceptors (Lipinski definition) is 14. The normalized spacial score (nSPS) is 26.3. The van der Waals surface area contributed by atoms with Crippen LogP contribution < -0.4 is 21.3 Å². The zero-order valence-corrected chi connectivity index (χ0v) is 56.5. The van der Waals surface area contributed by atoms with Crippen LogP contribution in [-0.2, 0) is 60.6 Å². The Morgan fingerprint density at radius 3 is 1.44 bits per heavy atom. The zero-order valence-electron chi connectivity index (χ0n) is 54.9. The molecule has 11 atom stereocenters. The summed E-state index contributed by atoms with van der Waals surface area (Å²) in [5, 5.41) is 12.0. The van der Waals surface area contributed by atoms with E-state index in [4.69, 9.17) is 18.9 Å². The van der Waals surface area contributed by atoms with E-state index in [9.17, 15) is 38.4 Å². The average molecular weight is 1270 g/mol. The van der Waals surface area contributed by atoms with Gasteiger partial charge < -0.3 is 54.9 Å². The topological polar surface area (TPSA) is 235 Å². The van der Waals surface area contributed by atoms with E-state index in [2.05, 4.69) is 33.4 Å². The maximum atomic E-state index is 14.7. The standard InChI is InChI=1S/C67H100N8O12S2/c1-41(73(13)63(83)87-65(5,6)7)57(77)69-47-31-35-89-52-39-67(10,11)56(75(52)61(47)81)59(79)71-54-45-29-23-21-27-43(45)37-49(54)85-33-25-19-17-15-14-16-18-24-32-84-48-36-42-26-20-22-28-44(42)53(48)70-58(78)55-66(8,9)38-51-74(55)60(80)46(30-34-88-51)68-50(76)40-72(12)62(82)86-64(2,3)4/h20-23,26-29,41,46-49,51-56H,14-19,24-25,30-40H2,1-13H3,(H,68,76)(H,69,77)(H,70,78)(H,71,79)/t41-,46-,47-,48+,49+,51-,52-,53-,54-,55+,56+/m0/s1. The molecule has 8 amide bonds. The van der Waals surface area contributed by atoms with Crippen LogP contribution in [-0.4, -0.2) is 177 Å². The Hall–Kier alpha value is -5.58. The van der Waals surface area contributed by atoms with Gasteiger partial charge in [-0.05, 0) is 132 Å². The molecule has 0 radical (unpaired) electrons. The van der Waals surface area contributed by atoms with Crippen LogP contribution in [0.2, 0.25) is 0 Å². The number of amides is 8. The van der Waals surface area contributed by atoms with Gasteiger partial charge in [-0.1, -0.05) is 115 Å². The summed E-state index contributed by atoms with van der Waals surface area (Å²) in [5.41, 5.74) is 1.73. The van der Waals surface area contributed by atoms with Gasteiger partial charge >= 0.3 is 12.2 Å². The molecule has 0 aromatic heterocycles. The molecule has 492 valence electrons. The Morgan fingerprint density at radius 2 is 1.00 bits per heavy atom. The predicted octanol–water partition coefficient (Wildman–Crippen LogP) is 8.98. The molecule has 20 nitrogen and oxygen atoms in total. The number of thioether (sulfide) groups is 2. The molecule has 4 heterocycles. The highest BCUT2D eigenvalue weighted by molar-refractivity contribution is 8.00. The summed E-state index contributed by atoms with van der Waals surface area (Å²) in [5.74, 6) is -0.791. The number of nitrogens with zero attached hydrogens (tertiary/aromatic N) is 4. The van der Waals surface area contributed by atoms with E-state index in [1.54, 1.807) is 81.8 Å². The first kappa shape index (κ1) is 69.3. The van der Waals surface area contributed by atoms with Gasteiger partial charge in [0.1, 0.15) is 48.0 Å². The van der Waals surface area contributed by atoms with Crippen LogP contribution in [0.25, 0.3) is 0 Å². The average Bonchev–Trinajstić information content (AvgIpc) is 1.62. The van der Waals surface area contributed by atoms with Gasteiger partial charge in [-0.15, -0.1) is 23.5 Å². The molecule has 22 heteroatoms. The highest BCUT2D eigenvalue weighted by Crippen LogP contribution is 2.49. The van der Waals surface area contributed by atoms with Crippen molar-refractivity contribution < 1.29 is 57.3 Å².